The Morgan fingerprint density at radius 3 is 2.19 bits per heavy atom. The van der Waals surface area contributed by atoms with Crippen molar-refractivity contribution in [2.45, 2.75) is 13.8 Å². The molecule has 0 fully saturated rings. The van der Waals surface area contributed by atoms with E-state index in [0.29, 0.717) is 37.0 Å². The fourth-order valence-corrected chi connectivity index (χ4v) is 2.20. The Bertz CT molecular complexity index is 445. The number of nitrogens with two attached hydrogens (primary N) is 1. The van der Waals surface area contributed by atoms with Gasteiger partial charge in [-0.3, -0.25) is 5.41 Å². The van der Waals surface area contributed by atoms with Crippen LogP contribution in [0.5, 0.6) is 0 Å². The Morgan fingerprint density at radius 1 is 1.19 bits per heavy atom. The monoisotopic (exact) mass is 313 g/mol. The van der Waals surface area contributed by atoms with E-state index in [4.69, 9.17) is 32.2 Å². The number of benzene rings is 1. The first-order chi connectivity index (χ1) is 10.1. The van der Waals surface area contributed by atoms with Crippen LogP contribution in [0.3, 0.4) is 0 Å². The van der Waals surface area contributed by atoms with E-state index in [1.165, 1.54) is 0 Å². The van der Waals surface area contributed by atoms with Gasteiger partial charge in [-0.1, -0.05) is 11.6 Å². The molecule has 1 rings (SSSR count). The second-order valence-electron chi connectivity index (χ2n) is 4.46. The molecule has 0 bridgehead atoms. The van der Waals surface area contributed by atoms with Gasteiger partial charge in [0, 0.05) is 37.6 Å². The van der Waals surface area contributed by atoms with Crippen molar-refractivity contribution in [1.29, 1.82) is 5.41 Å². The Hall–Kier alpha value is -1.30. The number of nitrogens with one attached hydrogen (secondary N) is 1. The minimum Gasteiger partial charge on any atom is -0.384 e. The summed E-state index contributed by atoms with van der Waals surface area (Å²) in [5.74, 6) is -0.0262. The molecule has 0 saturated carbocycles. The van der Waals surface area contributed by atoms with Crippen molar-refractivity contribution in [3.05, 3.63) is 28.8 Å². The van der Waals surface area contributed by atoms with Crippen molar-refractivity contribution < 1.29 is 9.47 Å². The summed E-state index contributed by atoms with van der Waals surface area (Å²) in [6.07, 6.45) is 0. The number of rotatable bonds is 10. The number of ether oxygens (including phenoxy) is 2. The largest absolute Gasteiger partial charge is 0.384 e. The topological polar surface area (TPSA) is 71.6 Å². The van der Waals surface area contributed by atoms with E-state index in [2.05, 4.69) is 4.90 Å². The molecule has 21 heavy (non-hydrogen) atoms. The molecule has 1 aromatic carbocycles. The van der Waals surface area contributed by atoms with Crippen LogP contribution in [0.15, 0.2) is 18.2 Å². The first-order valence-corrected chi connectivity index (χ1v) is 7.52. The lowest BCUT2D eigenvalue weighted by molar-refractivity contribution is 0.141. The van der Waals surface area contributed by atoms with Crippen LogP contribution in [0.1, 0.15) is 19.4 Å². The maximum absolute atomic E-state index is 7.47. The quantitative estimate of drug-likeness (QED) is 0.395. The van der Waals surface area contributed by atoms with Gasteiger partial charge in [0.05, 0.1) is 18.2 Å². The normalized spacial score (nSPS) is 10.6. The molecule has 0 unspecified atom stereocenters. The van der Waals surface area contributed by atoms with Crippen LogP contribution < -0.4 is 10.6 Å². The van der Waals surface area contributed by atoms with Gasteiger partial charge in [-0.15, -0.1) is 0 Å². The molecule has 0 aliphatic rings. The fourth-order valence-electron chi connectivity index (χ4n) is 1.93. The molecule has 0 atom stereocenters. The average molecular weight is 314 g/mol. The predicted molar refractivity (Wildman–Crippen MR) is 87.7 cm³/mol. The van der Waals surface area contributed by atoms with Gasteiger partial charge in [0.15, 0.2) is 0 Å². The summed E-state index contributed by atoms with van der Waals surface area (Å²) in [4.78, 5) is 2.15. The van der Waals surface area contributed by atoms with Gasteiger partial charge in [0.25, 0.3) is 0 Å². The van der Waals surface area contributed by atoms with E-state index < -0.39 is 0 Å². The molecule has 1 aromatic rings. The lowest BCUT2D eigenvalue weighted by Crippen LogP contribution is -2.31. The molecule has 0 heterocycles. The molecule has 0 aromatic heterocycles. The SMILES string of the molecule is CCOCCN(CCOCC)c1ccc(C(=N)N)c(Cl)c1. The van der Waals surface area contributed by atoms with Crippen LogP contribution in [0.25, 0.3) is 0 Å². The second kappa shape index (κ2) is 9.60. The van der Waals surface area contributed by atoms with Gasteiger partial charge >= 0.3 is 0 Å². The van der Waals surface area contributed by atoms with Crippen molar-refractivity contribution in [3.8, 4) is 0 Å². The molecule has 0 saturated heterocycles. The summed E-state index contributed by atoms with van der Waals surface area (Å²) < 4.78 is 10.8. The predicted octanol–water partition coefficient (Wildman–Crippen LogP) is 2.50. The molecule has 0 aliphatic heterocycles. The van der Waals surface area contributed by atoms with Crippen molar-refractivity contribution in [2.75, 3.05) is 44.4 Å². The highest BCUT2D eigenvalue weighted by Gasteiger charge is 2.10. The molecule has 118 valence electrons. The Morgan fingerprint density at radius 2 is 1.76 bits per heavy atom. The lowest BCUT2D eigenvalue weighted by Gasteiger charge is -2.25. The minimum absolute atomic E-state index is 0.0262. The zero-order valence-electron chi connectivity index (χ0n) is 12.7. The smallest absolute Gasteiger partial charge is 0.124 e. The number of hydrogen-bond donors (Lipinski definition) is 2. The molecular formula is C15H24ClN3O2. The molecule has 0 spiro atoms. The van der Waals surface area contributed by atoms with Crippen molar-refractivity contribution in [2.24, 2.45) is 5.73 Å². The Kier molecular flexibility index (Phi) is 8.12. The van der Waals surface area contributed by atoms with Gasteiger partial charge in [-0.25, -0.2) is 0 Å². The molecule has 6 heteroatoms. The van der Waals surface area contributed by atoms with Crippen LogP contribution >= 0.6 is 11.6 Å². The third-order valence-electron chi connectivity index (χ3n) is 3.03. The standard InChI is InChI=1S/C15H24ClN3O2/c1-3-20-9-7-19(8-10-21-4-2)12-5-6-13(15(17)18)14(16)11-12/h5-6,11H,3-4,7-10H2,1-2H3,(H3,17,18). The number of amidine groups is 1. The molecule has 0 amide bonds. The van der Waals surface area contributed by atoms with Crippen molar-refractivity contribution in [1.82, 2.24) is 0 Å². The number of anilines is 1. The fraction of sp³-hybridized carbons (Fsp3) is 0.533. The van der Waals surface area contributed by atoms with Crippen molar-refractivity contribution in [3.63, 3.8) is 0 Å². The van der Waals surface area contributed by atoms with E-state index in [1.54, 1.807) is 6.07 Å². The van der Waals surface area contributed by atoms with E-state index in [-0.39, 0.29) is 5.84 Å². The molecule has 0 aliphatic carbocycles. The highest BCUT2D eigenvalue weighted by molar-refractivity contribution is 6.34. The number of halogens is 1. The van der Waals surface area contributed by atoms with Crippen LogP contribution in [0.2, 0.25) is 5.02 Å². The number of nitrogen functional groups attached to an aromatic ring is 1. The number of hydrogen-bond acceptors (Lipinski definition) is 4. The molecular weight excluding hydrogens is 290 g/mol. The summed E-state index contributed by atoms with van der Waals surface area (Å²) >= 11 is 6.18. The van der Waals surface area contributed by atoms with E-state index in [9.17, 15) is 0 Å². The zero-order chi connectivity index (χ0) is 15.7. The summed E-state index contributed by atoms with van der Waals surface area (Å²) in [7, 11) is 0. The van der Waals surface area contributed by atoms with Gasteiger partial charge in [-0.2, -0.15) is 0 Å². The maximum atomic E-state index is 7.47. The van der Waals surface area contributed by atoms with Crippen LogP contribution in [0.4, 0.5) is 5.69 Å². The van der Waals surface area contributed by atoms with E-state index >= 15 is 0 Å². The minimum atomic E-state index is -0.0262. The van der Waals surface area contributed by atoms with Gasteiger partial charge in [0.2, 0.25) is 0 Å². The van der Waals surface area contributed by atoms with Crippen LogP contribution in [0, 0.1) is 5.41 Å². The lowest BCUT2D eigenvalue weighted by atomic mass is 10.1. The van der Waals surface area contributed by atoms with E-state index in [1.807, 2.05) is 26.0 Å². The molecule has 0 radical (unpaired) electrons. The average Bonchev–Trinajstić information content (AvgIpc) is 2.45. The third kappa shape index (κ3) is 5.91. The molecule has 3 N–H and O–H groups in total. The summed E-state index contributed by atoms with van der Waals surface area (Å²) in [6.45, 7) is 8.16. The van der Waals surface area contributed by atoms with Gasteiger partial charge in [-0.05, 0) is 32.0 Å². The summed E-state index contributed by atoms with van der Waals surface area (Å²) in [6, 6.07) is 5.52. The zero-order valence-corrected chi connectivity index (χ0v) is 13.4. The van der Waals surface area contributed by atoms with Gasteiger partial charge in [0.1, 0.15) is 5.84 Å². The maximum Gasteiger partial charge on any atom is 0.124 e. The first-order valence-electron chi connectivity index (χ1n) is 7.14. The summed E-state index contributed by atoms with van der Waals surface area (Å²) in [5.41, 5.74) is 7.01. The first kappa shape index (κ1) is 17.8. The summed E-state index contributed by atoms with van der Waals surface area (Å²) in [5, 5.41) is 7.95. The van der Waals surface area contributed by atoms with Crippen LogP contribution in [-0.2, 0) is 9.47 Å². The molecule has 5 nitrogen and oxygen atoms in total. The highest BCUT2D eigenvalue weighted by Crippen LogP contribution is 2.23. The van der Waals surface area contributed by atoms with E-state index in [0.717, 1.165) is 18.8 Å². The highest BCUT2D eigenvalue weighted by atomic mass is 35.5. The second-order valence-corrected chi connectivity index (χ2v) is 4.87. The van der Waals surface area contributed by atoms with Gasteiger partial charge < -0.3 is 20.1 Å². The Balaban J connectivity index is 2.80. The van der Waals surface area contributed by atoms with Crippen molar-refractivity contribution >= 4 is 23.1 Å². The Labute approximate surface area is 131 Å². The third-order valence-corrected chi connectivity index (χ3v) is 3.34. The number of nitrogens with zero attached hydrogens (tertiary/aromatic N) is 1. The van der Waals surface area contributed by atoms with Crippen LogP contribution in [-0.4, -0.2) is 45.4 Å².